The van der Waals surface area contributed by atoms with Crippen LogP contribution in [0.4, 0.5) is 0 Å². The third kappa shape index (κ3) is 1.74. The summed E-state index contributed by atoms with van der Waals surface area (Å²) in [5.74, 6) is -1.75. The first kappa shape index (κ1) is 13.1. The maximum atomic E-state index is 12.2. The van der Waals surface area contributed by atoms with E-state index < -0.39 is 11.3 Å². The third-order valence-electron chi connectivity index (χ3n) is 4.25. The molecule has 2 rings (SSSR count). The van der Waals surface area contributed by atoms with Crippen molar-refractivity contribution in [2.24, 2.45) is 11.3 Å². The Morgan fingerprint density at radius 3 is 1.89 bits per heavy atom. The van der Waals surface area contributed by atoms with Gasteiger partial charge in [-0.1, -0.05) is 19.8 Å². The van der Waals surface area contributed by atoms with Crippen LogP contribution in [0.3, 0.4) is 0 Å². The zero-order valence-electron chi connectivity index (χ0n) is 10.7. The fourth-order valence-corrected chi connectivity index (χ4v) is 3.29. The molecule has 98 valence electrons. The first-order valence-electron chi connectivity index (χ1n) is 6.66. The highest BCUT2D eigenvalue weighted by Gasteiger charge is 2.59. The lowest BCUT2D eigenvalue weighted by Crippen LogP contribution is -2.45. The van der Waals surface area contributed by atoms with E-state index in [9.17, 15) is 19.2 Å². The van der Waals surface area contributed by atoms with Gasteiger partial charge in [0.25, 0.3) is 0 Å². The van der Waals surface area contributed by atoms with Crippen LogP contribution in [-0.2, 0) is 19.2 Å². The van der Waals surface area contributed by atoms with Gasteiger partial charge in [0, 0.05) is 25.7 Å². The molecular formula is C14H18O4. The molecule has 0 radical (unpaired) electrons. The Morgan fingerprint density at radius 2 is 1.44 bits per heavy atom. The van der Waals surface area contributed by atoms with Crippen LogP contribution in [0, 0.1) is 11.3 Å². The van der Waals surface area contributed by atoms with Gasteiger partial charge in [-0.05, 0) is 6.42 Å². The van der Waals surface area contributed by atoms with E-state index in [-0.39, 0.29) is 48.8 Å². The zero-order valence-corrected chi connectivity index (χ0v) is 10.7. The van der Waals surface area contributed by atoms with Crippen molar-refractivity contribution in [2.45, 2.75) is 51.9 Å². The summed E-state index contributed by atoms with van der Waals surface area (Å²) in [7, 11) is 0. The molecule has 0 heterocycles. The van der Waals surface area contributed by atoms with Crippen LogP contribution >= 0.6 is 0 Å². The van der Waals surface area contributed by atoms with Crippen LogP contribution in [0.15, 0.2) is 0 Å². The van der Waals surface area contributed by atoms with Crippen molar-refractivity contribution in [3.05, 3.63) is 0 Å². The Labute approximate surface area is 106 Å². The molecule has 4 nitrogen and oxygen atoms in total. The monoisotopic (exact) mass is 250 g/mol. The summed E-state index contributed by atoms with van der Waals surface area (Å²) in [6.07, 6.45) is 2.68. The second-order valence-electron chi connectivity index (χ2n) is 5.29. The summed E-state index contributed by atoms with van der Waals surface area (Å²) in [6.45, 7) is 1.97. The second kappa shape index (κ2) is 4.75. The number of Topliss-reactive ketones (excluding diaryl/α,β-unsaturated/α-hetero) is 4. The average Bonchev–Trinajstić information content (AvgIpc) is 2.81. The Morgan fingerprint density at radius 1 is 0.944 bits per heavy atom. The van der Waals surface area contributed by atoms with Crippen LogP contribution in [0.1, 0.15) is 51.9 Å². The maximum Gasteiger partial charge on any atom is 0.148 e. The molecular weight excluding hydrogens is 232 g/mol. The highest BCUT2D eigenvalue weighted by Crippen LogP contribution is 2.46. The van der Waals surface area contributed by atoms with Crippen molar-refractivity contribution in [3.63, 3.8) is 0 Å². The van der Waals surface area contributed by atoms with Crippen LogP contribution in [0.5, 0.6) is 0 Å². The molecule has 0 aromatic carbocycles. The lowest BCUT2D eigenvalue weighted by molar-refractivity contribution is -0.149. The predicted octanol–water partition coefficient (Wildman–Crippen LogP) is 1.64. The summed E-state index contributed by atoms with van der Waals surface area (Å²) in [4.78, 5) is 48.1. The van der Waals surface area contributed by atoms with Gasteiger partial charge in [0.15, 0.2) is 0 Å². The Balaban J connectivity index is 2.41. The molecule has 2 aliphatic rings. The number of carbonyl (C=O) groups excluding carboxylic acids is 4. The fourth-order valence-electron chi connectivity index (χ4n) is 3.29. The number of hydrogen-bond donors (Lipinski definition) is 0. The van der Waals surface area contributed by atoms with Gasteiger partial charge < -0.3 is 0 Å². The number of rotatable bonds is 4. The van der Waals surface area contributed by atoms with Crippen molar-refractivity contribution in [3.8, 4) is 0 Å². The minimum Gasteiger partial charge on any atom is -0.299 e. The van der Waals surface area contributed by atoms with Crippen molar-refractivity contribution in [1.82, 2.24) is 0 Å². The quantitative estimate of drug-likeness (QED) is 0.711. The van der Waals surface area contributed by atoms with E-state index in [1.165, 1.54) is 0 Å². The molecule has 0 amide bonds. The highest BCUT2D eigenvalue weighted by molar-refractivity contribution is 6.22. The molecule has 0 N–H and O–H groups in total. The molecule has 0 aliphatic heterocycles. The van der Waals surface area contributed by atoms with E-state index >= 15 is 0 Å². The van der Waals surface area contributed by atoms with E-state index in [4.69, 9.17) is 0 Å². The summed E-state index contributed by atoms with van der Waals surface area (Å²) in [5.41, 5.74) is -1.29. The lowest BCUT2D eigenvalue weighted by atomic mass is 9.67. The van der Waals surface area contributed by atoms with Crippen molar-refractivity contribution >= 4 is 23.1 Å². The summed E-state index contributed by atoms with van der Waals surface area (Å²) >= 11 is 0. The SMILES string of the molecule is CCCCC1(C2C(=O)CCC2=O)C(=O)CCC1=O. The predicted molar refractivity (Wildman–Crippen MR) is 63.9 cm³/mol. The molecule has 0 atom stereocenters. The van der Waals surface area contributed by atoms with E-state index in [0.29, 0.717) is 12.8 Å². The Bertz CT molecular complexity index is 390. The molecule has 2 aliphatic carbocycles. The smallest absolute Gasteiger partial charge is 0.148 e. The maximum absolute atomic E-state index is 12.2. The van der Waals surface area contributed by atoms with E-state index in [2.05, 4.69) is 0 Å². The van der Waals surface area contributed by atoms with Crippen molar-refractivity contribution in [1.29, 1.82) is 0 Å². The lowest BCUT2D eigenvalue weighted by Gasteiger charge is -2.30. The zero-order chi connectivity index (χ0) is 13.3. The molecule has 0 bridgehead atoms. The highest BCUT2D eigenvalue weighted by atomic mass is 16.2. The first-order valence-corrected chi connectivity index (χ1v) is 6.66. The standard InChI is InChI=1S/C14H18O4/c1-2-3-8-14(11(17)6-7-12(14)18)13-9(15)4-5-10(13)16/h13H,2-8H2,1H3. The minimum atomic E-state index is -1.29. The fraction of sp³-hybridized carbons (Fsp3) is 0.714. The van der Waals surface area contributed by atoms with E-state index in [0.717, 1.165) is 6.42 Å². The first-order chi connectivity index (χ1) is 8.54. The molecule has 18 heavy (non-hydrogen) atoms. The van der Waals surface area contributed by atoms with Gasteiger partial charge in [0.2, 0.25) is 0 Å². The summed E-state index contributed by atoms with van der Waals surface area (Å²) < 4.78 is 0. The van der Waals surface area contributed by atoms with Crippen LogP contribution in [0.25, 0.3) is 0 Å². The van der Waals surface area contributed by atoms with E-state index in [1.54, 1.807) is 0 Å². The average molecular weight is 250 g/mol. The number of unbranched alkanes of at least 4 members (excludes halogenated alkanes) is 1. The van der Waals surface area contributed by atoms with Gasteiger partial charge in [-0.2, -0.15) is 0 Å². The number of hydrogen-bond acceptors (Lipinski definition) is 4. The molecule has 0 spiro atoms. The topological polar surface area (TPSA) is 68.3 Å². The van der Waals surface area contributed by atoms with Gasteiger partial charge in [0.05, 0.1) is 5.92 Å². The van der Waals surface area contributed by atoms with Crippen molar-refractivity contribution in [2.75, 3.05) is 0 Å². The van der Waals surface area contributed by atoms with Gasteiger partial charge in [-0.3, -0.25) is 19.2 Å². The summed E-state index contributed by atoms with van der Waals surface area (Å²) in [6, 6.07) is 0. The van der Waals surface area contributed by atoms with Crippen LogP contribution < -0.4 is 0 Å². The van der Waals surface area contributed by atoms with Gasteiger partial charge >= 0.3 is 0 Å². The molecule has 0 aromatic rings. The minimum absolute atomic E-state index is 0.186. The Kier molecular flexibility index (Phi) is 3.46. The normalized spacial score (nSPS) is 24.3. The summed E-state index contributed by atoms with van der Waals surface area (Å²) in [5, 5.41) is 0. The molecule has 2 fully saturated rings. The molecule has 2 saturated carbocycles. The molecule has 4 heteroatoms. The molecule has 0 aromatic heterocycles. The molecule has 0 saturated heterocycles. The van der Waals surface area contributed by atoms with Gasteiger partial charge in [-0.15, -0.1) is 0 Å². The third-order valence-corrected chi connectivity index (χ3v) is 4.25. The van der Waals surface area contributed by atoms with Gasteiger partial charge in [0.1, 0.15) is 28.5 Å². The van der Waals surface area contributed by atoms with Crippen LogP contribution in [0.2, 0.25) is 0 Å². The number of ketones is 4. The van der Waals surface area contributed by atoms with Crippen LogP contribution in [-0.4, -0.2) is 23.1 Å². The van der Waals surface area contributed by atoms with E-state index in [1.807, 2.05) is 6.92 Å². The largest absolute Gasteiger partial charge is 0.299 e. The number of carbonyl (C=O) groups is 4. The van der Waals surface area contributed by atoms with Gasteiger partial charge in [-0.25, -0.2) is 0 Å². The molecule has 0 unspecified atom stereocenters. The second-order valence-corrected chi connectivity index (χ2v) is 5.29. The van der Waals surface area contributed by atoms with Crippen molar-refractivity contribution < 1.29 is 19.2 Å². The Hall–Kier alpha value is -1.32.